The molecular weight excluding hydrogens is 175 g/mol. The second-order valence-corrected chi connectivity index (χ2v) is 2.43. The first-order valence-electron chi connectivity index (χ1n) is 3.61. The van der Waals surface area contributed by atoms with E-state index in [0.29, 0.717) is 5.56 Å². The first-order valence-corrected chi connectivity index (χ1v) is 3.61. The molecule has 0 aromatic carbocycles. The van der Waals surface area contributed by atoms with Gasteiger partial charge in [-0.15, -0.1) is 0 Å². The van der Waals surface area contributed by atoms with Crippen molar-refractivity contribution in [1.82, 2.24) is 4.98 Å². The number of nitrogen functional groups attached to an aromatic ring is 1. The number of halogens is 1. The average Bonchev–Trinajstić information content (AvgIpc) is 2.09. The Kier molecular flexibility index (Phi) is 2.79. The van der Waals surface area contributed by atoms with Gasteiger partial charge in [0.15, 0.2) is 0 Å². The fourth-order valence-corrected chi connectivity index (χ4v) is 0.856. The van der Waals surface area contributed by atoms with Gasteiger partial charge in [-0.3, -0.25) is 4.79 Å². The van der Waals surface area contributed by atoms with E-state index >= 15 is 0 Å². The van der Waals surface area contributed by atoms with Gasteiger partial charge in [0.2, 0.25) is 5.95 Å². The molecule has 1 rings (SSSR count). The van der Waals surface area contributed by atoms with Gasteiger partial charge in [0.25, 0.3) is 0 Å². The SMILES string of the molecule is COC(=O)Cc1ccc(F)nc1N. The van der Waals surface area contributed by atoms with Crippen LogP contribution in [0, 0.1) is 5.95 Å². The van der Waals surface area contributed by atoms with E-state index < -0.39 is 11.9 Å². The Labute approximate surface area is 74.5 Å². The molecule has 0 saturated carbocycles. The van der Waals surface area contributed by atoms with E-state index in [0.717, 1.165) is 6.07 Å². The molecule has 70 valence electrons. The number of carbonyl (C=O) groups is 1. The summed E-state index contributed by atoms with van der Waals surface area (Å²) >= 11 is 0. The average molecular weight is 184 g/mol. The van der Waals surface area contributed by atoms with E-state index in [2.05, 4.69) is 9.72 Å². The number of esters is 1. The van der Waals surface area contributed by atoms with Crippen LogP contribution < -0.4 is 5.73 Å². The van der Waals surface area contributed by atoms with Crippen molar-refractivity contribution in [3.05, 3.63) is 23.6 Å². The van der Waals surface area contributed by atoms with E-state index in [9.17, 15) is 9.18 Å². The summed E-state index contributed by atoms with van der Waals surface area (Å²) in [5.41, 5.74) is 5.83. The van der Waals surface area contributed by atoms with E-state index in [1.54, 1.807) is 0 Å². The highest BCUT2D eigenvalue weighted by Gasteiger charge is 2.07. The molecule has 5 heteroatoms. The van der Waals surface area contributed by atoms with Crippen molar-refractivity contribution in [1.29, 1.82) is 0 Å². The van der Waals surface area contributed by atoms with Gasteiger partial charge in [-0.1, -0.05) is 6.07 Å². The summed E-state index contributed by atoms with van der Waals surface area (Å²) in [5.74, 6) is -1.07. The third kappa shape index (κ3) is 2.40. The molecule has 4 nitrogen and oxygen atoms in total. The van der Waals surface area contributed by atoms with Crippen molar-refractivity contribution in [2.24, 2.45) is 0 Å². The second-order valence-electron chi connectivity index (χ2n) is 2.43. The van der Waals surface area contributed by atoms with Gasteiger partial charge < -0.3 is 10.5 Å². The van der Waals surface area contributed by atoms with Crippen LogP contribution in [-0.2, 0) is 16.0 Å². The summed E-state index contributed by atoms with van der Waals surface area (Å²) in [4.78, 5) is 14.2. The number of ether oxygens (including phenoxy) is 1. The summed E-state index contributed by atoms with van der Waals surface area (Å²) < 4.78 is 16.9. The summed E-state index contributed by atoms with van der Waals surface area (Å²) in [6.45, 7) is 0. The molecular formula is C8H9FN2O2. The molecule has 0 spiro atoms. The lowest BCUT2D eigenvalue weighted by molar-refractivity contribution is -0.139. The van der Waals surface area contributed by atoms with E-state index in [4.69, 9.17) is 5.73 Å². The number of rotatable bonds is 2. The topological polar surface area (TPSA) is 65.2 Å². The minimum atomic E-state index is -0.661. The molecule has 0 aliphatic carbocycles. The number of pyridine rings is 1. The van der Waals surface area contributed by atoms with E-state index in [1.807, 2.05) is 0 Å². The van der Waals surface area contributed by atoms with Crippen LogP contribution in [0.2, 0.25) is 0 Å². The van der Waals surface area contributed by atoms with Crippen LogP contribution >= 0.6 is 0 Å². The van der Waals surface area contributed by atoms with Gasteiger partial charge in [-0.05, 0) is 6.07 Å². The van der Waals surface area contributed by atoms with Crippen LogP contribution in [0.1, 0.15) is 5.56 Å². The molecule has 0 bridgehead atoms. The second kappa shape index (κ2) is 3.84. The zero-order chi connectivity index (χ0) is 9.84. The summed E-state index contributed by atoms with van der Waals surface area (Å²) in [6.07, 6.45) is 0.00954. The van der Waals surface area contributed by atoms with Crippen molar-refractivity contribution in [3.63, 3.8) is 0 Å². The molecule has 0 amide bonds. The number of methoxy groups -OCH3 is 1. The number of anilines is 1. The Hall–Kier alpha value is -1.65. The number of hydrogen-bond donors (Lipinski definition) is 1. The largest absolute Gasteiger partial charge is 0.469 e. The van der Waals surface area contributed by atoms with Crippen LogP contribution in [-0.4, -0.2) is 18.1 Å². The van der Waals surface area contributed by atoms with Crippen molar-refractivity contribution in [2.45, 2.75) is 6.42 Å². The maximum atomic E-state index is 12.5. The molecule has 2 N–H and O–H groups in total. The lowest BCUT2D eigenvalue weighted by Crippen LogP contribution is -2.08. The maximum absolute atomic E-state index is 12.5. The van der Waals surface area contributed by atoms with E-state index in [1.165, 1.54) is 13.2 Å². The maximum Gasteiger partial charge on any atom is 0.310 e. The van der Waals surface area contributed by atoms with E-state index in [-0.39, 0.29) is 12.2 Å². The van der Waals surface area contributed by atoms with Gasteiger partial charge in [0.1, 0.15) is 5.82 Å². The van der Waals surface area contributed by atoms with Crippen LogP contribution in [0.4, 0.5) is 10.2 Å². The zero-order valence-corrected chi connectivity index (χ0v) is 7.08. The number of nitrogens with zero attached hydrogens (tertiary/aromatic N) is 1. The van der Waals surface area contributed by atoms with Crippen molar-refractivity contribution in [2.75, 3.05) is 12.8 Å². The predicted molar refractivity (Wildman–Crippen MR) is 44.3 cm³/mol. The monoisotopic (exact) mass is 184 g/mol. The Morgan fingerprint density at radius 1 is 1.69 bits per heavy atom. The lowest BCUT2D eigenvalue weighted by Gasteiger charge is -2.02. The number of carbonyl (C=O) groups excluding carboxylic acids is 1. The quantitative estimate of drug-likeness (QED) is 0.537. The van der Waals surface area contributed by atoms with Crippen LogP contribution in [0.25, 0.3) is 0 Å². The number of hydrogen-bond acceptors (Lipinski definition) is 4. The first-order chi connectivity index (χ1) is 6.13. The summed E-state index contributed by atoms with van der Waals surface area (Å²) in [7, 11) is 1.27. The molecule has 0 radical (unpaired) electrons. The predicted octanol–water partition coefficient (Wildman–Crippen LogP) is 0.518. The minimum absolute atomic E-state index is 0.00954. The Morgan fingerprint density at radius 2 is 2.38 bits per heavy atom. The van der Waals surface area contributed by atoms with Crippen molar-refractivity contribution < 1.29 is 13.9 Å². The van der Waals surface area contributed by atoms with Gasteiger partial charge in [-0.25, -0.2) is 4.98 Å². The Bertz CT molecular complexity index is 328. The van der Waals surface area contributed by atoms with Gasteiger partial charge >= 0.3 is 5.97 Å². The summed E-state index contributed by atoms with van der Waals surface area (Å²) in [6, 6.07) is 2.56. The normalized spacial score (nSPS) is 9.69. The molecule has 1 aromatic heterocycles. The van der Waals surface area contributed by atoms with Crippen LogP contribution in [0.3, 0.4) is 0 Å². The fraction of sp³-hybridized carbons (Fsp3) is 0.250. The highest BCUT2D eigenvalue weighted by molar-refractivity contribution is 5.73. The zero-order valence-electron chi connectivity index (χ0n) is 7.08. The molecule has 0 atom stereocenters. The highest BCUT2D eigenvalue weighted by Crippen LogP contribution is 2.10. The Morgan fingerprint density at radius 3 is 2.92 bits per heavy atom. The lowest BCUT2D eigenvalue weighted by atomic mass is 10.2. The molecule has 0 aliphatic heterocycles. The summed E-state index contributed by atoms with van der Waals surface area (Å²) in [5, 5.41) is 0. The molecule has 1 aromatic rings. The first kappa shape index (κ1) is 9.44. The number of aromatic nitrogens is 1. The Balaban J connectivity index is 2.83. The highest BCUT2D eigenvalue weighted by atomic mass is 19.1. The fourth-order valence-electron chi connectivity index (χ4n) is 0.856. The van der Waals surface area contributed by atoms with Crippen LogP contribution in [0.15, 0.2) is 12.1 Å². The molecule has 0 fully saturated rings. The molecule has 13 heavy (non-hydrogen) atoms. The van der Waals surface area contributed by atoms with Crippen molar-refractivity contribution >= 4 is 11.8 Å². The standard InChI is InChI=1S/C8H9FN2O2/c1-13-7(12)4-5-2-3-6(9)11-8(5)10/h2-3H,4H2,1H3,(H2,10,11). The molecule has 1 heterocycles. The number of nitrogens with two attached hydrogens (primary N) is 1. The van der Waals surface area contributed by atoms with Gasteiger partial charge in [0, 0.05) is 5.56 Å². The third-order valence-electron chi connectivity index (χ3n) is 1.54. The molecule has 0 aliphatic rings. The molecule has 0 unspecified atom stereocenters. The minimum Gasteiger partial charge on any atom is -0.469 e. The molecule has 0 saturated heterocycles. The smallest absolute Gasteiger partial charge is 0.310 e. The van der Waals surface area contributed by atoms with Gasteiger partial charge in [0.05, 0.1) is 13.5 Å². The van der Waals surface area contributed by atoms with Gasteiger partial charge in [-0.2, -0.15) is 4.39 Å². The third-order valence-corrected chi connectivity index (χ3v) is 1.54. The van der Waals surface area contributed by atoms with Crippen molar-refractivity contribution in [3.8, 4) is 0 Å². The van der Waals surface area contributed by atoms with Crippen LogP contribution in [0.5, 0.6) is 0 Å².